The molecule has 0 aliphatic carbocycles. The fourth-order valence-corrected chi connectivity index (χ4v) is 1.44. The minimum atomic E-state index is -4.24. The third kappa shape index (κ3) is 2.28. The maximum atomic E-state index is 12.4. The Morgan fingerprint density at radius 3 is 2.14 bits per heavy atom. The van der Waals surface area contributed by atoms with Gasteiger partial charge in [0, 0.05) is 0 Å². The van der Waals surface area contributed by atoms with E-state index in [0.717, 1.165) is 17.2 Å². The molecule has 0 aliphatic rings. The molecule has 0 saturated heterocycles. The van der Waals surface area contributed by atoms with E-state index in [1.54, 1.807) is 0 Å². The van der Waals surface area contributed by atoms with Crippen LogP contribution in [0.15, 0.2) is 18.2 Å². The monoisotopic (exact) mass is 202 g/mol. The van der Waals surface area contributed by atoms with Crippen LogP contribution in [0, 0.1) is 6.92 Å². The third-order valence-electron chi connectivity index (χ3n) is 2.23. The molecule has 0 atom stereocenters. The average Bonchev–Trinajstić information content (AvgIpc) is 2.02. The van der Waals surface area contributed by atoms with Crippen LogP contribution in [-0.2, 0) is 6.18 Å². The summed E-state index contributed by atoms with van der Waals surface area (Å²) in [6.07, 6.45) is -4.24. The summed E-state index contributed by atoms with van der Waals surface area (Å²) in [6, 6.07) is 3.89. The third-order valence-corrected chi connectivity index (χ3v) is 2.23. The second kappa shape index (κ2) is 3.64. The molecule has 0 spiro atoms. The SMILES string of the molecule is Cc1ccc(C(F)(F)F)cc1C(C)C. The topological polar surface area (TPSA) is 0 Å². The van der Waals surface area contributed by atoms with Crippen molar-refractivity contribution in [2.24, 2.45) is 0 Å². The lowest BCUT2D eigenvalue weighted by atomic mass is 9.96. The first-order valence-electron chi connectivity index (χ1n) is 4.50. The van der Waals surface area contributed by atoms with Gasteiger partial charge in [-0.15, -0.1) is 0 Å². The fourth-order valence-electron chi connectivity index (χ4n) is 1.44. The Bertz CT molecular complexity index is 324. The Hall–Kier alpha value is -0.990. The summed E-state index contributed by atoms with van der Waals surface area (Å²) in [5.41, 5.74) is 1.11. The van der Waals surface area contributed by atoms with E-state index in [2.05, 4.69) is 0 Å². The van der Waals surface area contributed by atoms with Gasteiger partial charge in [-0.25, -0.2) is 0 Å². The molecule has 0 aliphatic heterocycles. The van der Waals surface area contributed by atoms with Crippen LogP contribution in [0.1, 0.15) is 36.5 Å². The van der Waals surface area contributed by atoms with Gasteiger partial charge in [0.15, 0.2) is 0 Å². The van der Waals surface area contributed by atoms with Gasteiger partial charge in [0.2, 0.25) is 0 Å². The summed E-state index contributed by atoms with van der Waals surface area (Å²) in [6.45, 7) is 5.61. The Labute approximate surface area is 81.8 Å². The molecule has 0 amide bonds. The van der Waals surface area contributed by atoms with Gasteiger partial charge in [-0.3, -0.25) is 0 Å². The highest BCUT2D eigenvalue weighted by Gasteiger charge is 2.30. The van der Waals surface area contributed by atoms with Crippen molar-refractivity contribution in [3.05, 3.63) is 34.9 Å². The van der Waals surface area contributed by atoms with Crippen molar-refractivity contribution in [1.82, 2.24) is 0 Å². The van der Waals surface area contributed by atoms with Crippen molar-refractivity contribution in [2.45, 2.75) is 32.9 Å². The second-order valence-electron chi connectivity index (χ2n) is 3.72. The van der Waals surface area contributed by atoms with E-state index in [1.807, 2.05) is 20.8 Å². The van der Waals surface area contributed by atoms with Crippen LogP contribution in [0.3, 0.4) is 0 Å². The first-order chi connectivity index (χ1) is 6.32. The van der Waals surface area contributed by atoms with Gasteiger partial charge in [0.25, 0.3) is 0 Å². The van der Waals surface area contributed by atoms with Crippen molar-refractivity contribution in [3.8, 4) is 0 Å². The van der Waals surface area contributed by atoms with Crippen LogP contribution < -0.4 is 0 Å². The minimum Gasteiger partial charge on any atom is -0.166 e. The number of alkyl halides is 3. The van der Waals surface area contributed by atoms with Gasteiger partial charge in [-0.1, -0.05) is 19.9 Å². The van der Waals surface area contributed by atoms with Crippen LogP contribution in [0.25, 0.3) is 0 Å². The summed E-state index contributed by atoms with van der Waals surface area (Å²) >= 11 is 0. The Morgan fingerprint density at radius 2 is 1.71 bits per heavy atom. The largest absolute Gasteiger partial charge is 0.416 e. The summed E-state index contributed by atoms with van der Waals surface area (Å²) in [4.78, 5) is 0. The van der Waals surface area contributed by atoms with Crippen molar-refractivity contribution < 1.29 is 13.2 Å². The maximum absolute atomic E-state index is 12.4. The minimum absolute atomic E-state index is 0.122. The maximum Gasteiger partial charge on any atom is 0.416 e. The molecule has 1 aromatic carbocycles. The van der Waals surface area contributed by atoms with Crippen LogP contribution in [0.4, 0.5) is 13.2 Å². The molecule has 0 unspecified atom stereocenters. The van der Waals surface area contributed by atoms with Crippen LogP contribution in [-0.4, -0.2) is 0 Å². The number of benzene rings is 1. The number of hydrogen-bond donors (Lipinski definition) is 0. The van der Waals surface area contributed by atoms with Crippen molar-refractivity contribution in [3.63, 3.8) is 0 Å². The number of rotatable bonds is 1. The first-order valence-corrected chi connectivity index (χ1v) is 4.50. The molecule has 0 nitrogen and oxygen atoms in total. The molecule has 0 bridgehead atoms. The summed E-state index contributed by atoms with van der Waals surface area (Å²) < 4.78 is 37.1. The van der Waals surface area contributed by atoms with Crippen LogP contribution in [0.5, 0.6) is 0 Å². The molecule has 78 valence electrons. The smallest absolute Gasteiger partial charge is 0.166 e. The molecule has 0 N–H and O–H groups in total. The lowest BCUT2D eigenvalue weighted by Gasteiger charge is -2.13. The van der Waals surface area contributed by atoms with Gasteiger partial charge in [-0.2, -0.15) is 13.2 Å². The normalized spacial score (nSPS) is 12.2. The van der Waals surface area contributed by atoms with E-state index in [4.69, 9.17) is 0 Å². The Morgan fingerprint density at radius 1 is 1.14 bits per heavy atom. The van der Waals surface area contributed by atoms with Crippen LogP contribution >= 0.6 is 0 Å². The first kappa shape index (κ1) is 11.1. The highest BCUT2D eigenvalue weighted by atomic mass is 19.4. The van der Waals surface area contributed by atoms with Crippen LogP contribution in [0.2, 0.25) is 0 Å². The van der Waals surface area contributed by atoms with Crippen molar-refractivity contribution in [1.29, 1.82) is 0 Å². The predicted octanol–water partition coefficient (Wildman–Crippen LogP) is 4.14. The Kier molecular flexibility index (Phi) is 2.88. The summed E-state index contributed by atoms with van der Waals surface area (Å²) in [5.74, 6) is 0.122. The molecule has 14 heavy (non-hydrogen) atoms. The van der Waals surface area contributed by atoms with E-state index >= 15 is 0 Å². The average molecular weight is 202 g/mol. The van der Waals surface area contributed by atoms with Gasteiger partial charge in [-0.05, 0) is 36.1 Å². The summed E-state index contributed by atoms with van der Waals surface area (Å²) in [5, 5.41) is 0. The van der Waals surface area contributed by atoms with Gasteiger partial charge < -0.3 is 0 Å². The predicted molar refractivity (Wildman–Crippen MR) is 50.3 cm³/mol. The number of halogens is 3. The number of hydrogen-bond acceptors (Lipinski definition) is 0. The number of aryl methyl sites for hydroxylation is 1. The van der Waals surface area contributed by atoms with E-state index in [0.29, 0.717) is 0 Å². The molecule has 0 saturated carbocycles. The standard InChI is InChI=1S/C11H13F3/c1-7(2)10-6-9(11(12,13)14)5-4-8(10)3/h4-7H,1-3H3. The van der Waals surface area contributed by atoms with Gasteiger partial charge >= 0.3 is 6.18 Å². The van der Waals surface area contributed by atoms with E-state index in [1.165, 1.54) is 12.1 Å². The highest BCUT2D eigenvalue weighted by molar-refractivity contribution is 5.34. The molecule has 0 radical (unpaired) electrons. The van der Waals surface area contributed by atoms with E-state index < -0.39 is 11.7 Å². The zero-order chi connectivity index (χ0) is 10.9. The molecular weight excluding hydrogens is 189 g/mol. The fraction of sp³-hybridized carbons (Fsp3) is 0.455. The van der Waals surface area contributed by atoms with E-state index in [9.17, 15) is 13.2 Å². The van der Waals surface area contributed by atoms with Gasteiger partial charge in [0.05, 0.1) is 5.56 Å². The van der Waals surface area contributed by atoms with Gasteiger partial charge in [0.1, 0.15) is 0 Å². The molecule has 1 aromatic rings. The zero-order valence-corrected chi connectivity index (χ0v) is 8.44. The zero-order valence-electron chi connectivity index (χ0n) is 8.44. The molecule has 1 rings (SSSR count). The second-order valence-corrected chi connectivity index (χ2v) is 3.72. The van der Waals surface area contributed by atoms with Crippen molar-refractivity contribution >= 4 is 0 Å². The molecule has 0 heterocycles. The lowest BCUT2D eigenvalue weighted by molar-refractivity contribution is -0.137. The molecule has 0 aromatic heterocycles. The highest BCUT2D eigenvalue weighted by Crippen LogP contribution is 2.32. The van der Waals surface area contributed by atoms with E-state index in [-0.39, 0.29) is 5.92 Å². The summed E-state index contributed by atoms with van der Waals surface area (Å²) in [7, 11) is 0. The molecular formula is C11H13F3. The Balaban J connectivity index is 3.20. The lowest BCUT2D eigenvalue weighted by Crippen LogP contribution is -2.06. The van der Waals surface area contributed by atoms with Crippen molar-refractivity contribution in [2.75, 3.05) is 0 Å². The molecule has 0 fully saturated rings. The molecule has 3 heteroatoms. The quantitative estimate of drug-likeness (QED) is 0.642.